The molecule has 0 aliphatic heterocycles. The van der Waals surface area contributed by atoms with Crippen LogP contribution in [0, 0.1) is 18.8 Å². The van der Waals surface area contributed by atoms with Gasteiger partial charge in [0.1, 0.15) is 0 Å². The Balaban J connectivity index is 1.94. The lowest BCUT2D eigenvalue weighted by Crippen LogP contribution is -2.28. The summed E-state index contributed by atoms with van der Waals surface area (Å²) < 4.78 is 0. The van der Waals surface area contributed by atoms with Gasteiger partial charge < -0.3 is 5.32 Å². The number of benzene rings is 1. The van der Waals surface area contributed by atoms with Gasteiger partial charge in [-0.2, -0.15) is 0 Å². The molecule has 0 aromatic heterocycles. The van der Waals surface area contributed by atoms with Crippen molar-refractivity contribution in [1.82, 2.24) is 5.32 Å². The van der Waals surface area contributed by atoms with E-state index in [1.54, 1.807) is 0 Å². The van der Waals surface area contributed by atoms with Gasteiger partial charge in [-0.05, 0) is 43.1 Å². The van der Waals surface area contributed by atoms with E-state index in [1.807, 2.05) is 0 Å². The van der Waals surface area contributed by atoms with Crippen molar-refractivity contribution in [1.29, 1.82) is 0 Å². The van der Waals surface area contributed by atoms with Gasteiger partial charge in [0, 0.05) is 13.0 Å². The second kappa shape index (κ2) is 6.23. The molecule has 0 spiro atoms. The summed E-state index contributed by atoms with van der Waals surface area (Å²) in [5.74, 6) is 1.75. The first-order chi connectivity index (χ1) is 9.06. The summed E-state index contributed by atoms with van der Waals surface area (Å²) in [6.45, 7) is 7.35. The quantitative estimate of drug-likeness (QED) is 0.830. The minimum Gasteiger partial charge on any atom is -0.356 e. The predicted octanol–water partition coefficient (Wildman–Crippen LogP) is 3.65. The Bertz CT molecular complexity index is 417. The molecule has 2 heteroatoms. The Morgan fingerprint density at radius 1 is 1.26 bits per heavy atom. The average Bonchev–Trinajstić information content (AvgIpc) is 3.18. The van der Waals surface area contributed by atoms with Gasteiger partial charge >= 0.3 is 0 Å². The fraction of sp³-hybridized carbons (Fsp3) is 0.588. The predicted molar refractivity (Wildman–Crippen MR) is 79.1 cm³/mol. The van der Waals surface area contributed by atoms with Crippen LogP contribution in [-0.2, 0) is 4.79 Å². The number of amides is 1. The molecule has 19 heavy (non-hydrogen) atoms. The molecule has 2 nitrogen and oxygen atoms in total. The summed E-state index contributed by atoms with van der Waals surface area (Å²) >= 11 is 0. The Morgan fingerprint density at radius 3 is 2.42 bits per heavy atom. The average molecular weight is 259 g/mol. The van der Waals surface area contributed by atoms with Crippen LogP contribution in [0.25, 0.3) is 0 Å². The highest BCUT2D eigenvalue weighted by Crippen LogP contribution is 2.29. The van der Waals surface area contributed by atoms with Gasteiger partial charge in [-0.1, -0.05) is 43.7 Å². The van der Waals surface area contributed by atoms with Gasteiger partial charge in [0.15, 0.2) is 0 Å². The molecule has 1 aromatic rings. The Hall–Kier alpha value is -1.31. The zero-order valence-corrected chi connectivity index (χ0v) is 12.3. The lowest BCUT2D eigenvalue weighted by Gasteiger charge is -2.21. The van der Waals surface area contributed by atoms with Crippen molar-refractivity contribution in [2.45, 2.75) is 46.0 Å². The lowest BCUT2D eigenvalue weighted by molar-refractivity contribution is -0.121. The summed E-state index contributed by atoms with van der Waals surface area (Å²) in [5.41, 5.74) is 2.55. The van der Waals surface area contributed by atoms with Crippen molar-refractivity contribution >= 4 is 5.91 Å². The topological polar surface area (TPSA) is 29.1 Å². The Labute approximate surface area is 116 Å². The highest BCUT2D eigenvalue weighted by Gasteiger charge is 2.23. The number of carbonyl (C=O) groups is 1. The maximum atomic E-state index is 12.0. The van der Waals surface area contributed by atoms with Crippen LogP contribution in [0.2, 0.25) is 0 Å². The monoisotopic (exact) mass is 259 g/mol. The van der Waals surface area contributed by atoms with E-state index in [4.69, 9.17) is 0 Å². The van der Waals surface area contributed by atoms with Crippen LogP contribution in [0.3, 0.4) is 0 Å². The van der Waals surface area contributed by atoms with Gasteiger partial charge in [-0.3, -0.25) is 4.79 Å². The third-order valence-corrected chi connectivity index (χ3v) is 4.00. The first-order valence-corrected chi connectivity index (χ1v) is 7.39. The summed E-state index contributed by atoms with van der Waals surface area (Å²) in [7, 11) is 0. The molecule has 1 amide bonds. The van der Waals surface area contributed by atoms with Gasteiger partial charge in [0.05, 0.1) is 0 Å². The van der Waals surface area contributed by atoms with E-state index in [-0.39, 0.29) is 5.91 Å². The van der Waals surface area contributed by atoms with Crippen molar-refractivity contribution in [2.75, 3.05) is 6.54 Å². The summed E-state index contributed by atoms with van der Waals surface area (Å²) in [6.07, 6.45) is 3.17. The van der Waals surface area contributed by atoms with E-state index >= 15 is 0 Å². The second-order valence-electron chi connectivity index (χ2n) is 6.21. The molecule has 0 saturated heterocycles. The van der Waals surface area contributed by atoms with Crippen molar-refractivity contribution in [3.63, 3.8) is 0 Å². The number of carbonyl (C=O) groups excluding carboxylic acids is 1. The molecule has 1 aliphatic rings. The van der Waals surface area contributed by atoms with Crippen LogP contribution in [0.5, 0.6) is 0 Å². The zero-order chi connectivity index (χ0) is 13.8. The number of aryl methyl sites for hydroxylation is 1. The first-order valence-electron chi connectivity index (χ1n) is 7.39. The molecule has 0 radical (unpaired) electrons. The van der Waals surface area contributed by atoms with Gasteiger partial charge in [0.2, 0.25) is 5.91 Å². The van der Waals surface area contributed by atoms with Crippen LogP contribution in [0.1, 0.15) is 50.2 Å². The van der Waals surface area contributed by atoms with E-state index in [1.165, 1.54) is 24.0 Å². The van der Waals surface area contributed by atoms with E-state index in [0.717, 1.165) is 12.5 Å². The largest absolute Gasteiger partial charge is 0.356 e. The molecule has 2 rings (SSSR count). The maximum Gasteiger partial charge on any atom is 0.220 e. The Kier molecular flexibility index (Phi) is 4.62. The van der Waals surface area contributed by atoms with Crippen LogP contribution in [-0.4, -0.2) is 12.5 Å². The molecule has 1 atom stereocenters. The van der Waals surface area contributed by atoms with Crippen LogP contribution < -0.4 is 5.32 Å². The van der Waals surface area contributed by atoms with Gasteiger partial charge in [0.25, 0.3) is 0 Å². The molecule has 104 valence electrons. The molecule has 1 aliphatic carbocycles. The summed E-state index contributed by atoms with van der Waals surface area (Å²) in [4.78, 5) is 12.0. The number of hydrogen-bond donors (Lipinski definition) is 1. The Morgan fingerprint density at radius 2 is 1.89 bits per heavy atom. The minimum atomic E-state index is 0.200. The van der Waals surface area contributed by atoms with Crippen molar-refractivity contribution in [3.8, 4) is 0 Å². The molecule has 1 N–H and O–H groups in total. The first kappa shape index (κ1) is 14.1. The molecule has 0 heterocycles. The number of rotatable bonds is 6. The third-order valence-electron chi connectivity index (χ3n) is 4.00. The normalized spacial score (nSPS) is 16.4. The molecular weight excluding hydrogens is 234 g/mol. The third kappa shape index (κ3) is 4.38. The van der Waals surface area contributed by atoms with Crippen molar-refractivity contribution < 1.29 is 4.79 Å². The van der Waals surface area contributed by atoms with E-state index in [9.17, 15) is 4.79 Å². The molecular formula is C17H25NO. The van der Waals surface area contributed by atoms with E-state index in [0.29, 0.717) is 18.3 Å². The highest BCUT2D eigenvalue weighted by atomic mass is 16.1. The number of hydrogen-bond acceptors (Lipinski definition) is 1. The van der Waals surface area contributed by atoms with Gasteiger partial charge in [-0.15, -0.1) is 0 Å². The number of nitrogens with one attached hydrogen (secondary N) is 1. The molecule has 1 unspecified atom stereocenters. The van der Waals surface area contributed by atoms with Crippen molar-refractivity contribution in [2.24, 2.45) is 11.8 Å². The second-order valence-corrected chi connectivity index (χ2v) is 6.21. The van der Waals surface area contributed by atoms with Crippen LogP contribution in [0.4, 0.5) is 0 Å². The maximum absolute atomic E-state index is 12.0. The summed E-state index contributed by atoms with van der Waals surface area (Å²) in [6, 6.07) is 8.59. The smallest absolute Gasteiger partial charge is 0.220 e. The SMILES string of the molecule is Cc1ccc(C(CC(=O)NCC2CC2)C(C)C)cc1. The zero-order valence-electron chi connectivity index (χ0n) is 12.3. The van der Waals surface area contributed by atoms with E-state index < -0.39 is 0 Å². The molecule has 1 fully saturated rings. The highest BCUT2D eigenvalue weighted by molar-refractivity contribution is 5.77. The van der Waals surface area contributed by atoms with E-state index in [2.05, 4.69) is 50.4 Å². The van der Waals surface area contributed by atoms with Crippen LogP contribution >= 0.6 is 0 Å². The minimum absolute atomic E-state index is 0.200. The molecule has 1 saturated carbocycles. The molecule has 1 aromatic carbocycles. The standard InChI is InChI=1S/C17H25NO/c1-12(2)16(15-8-4-13(3)5-9-15)10-17(19)18-11-14-6-7-14/h4-5,8-9,12,14,16H,6-7,10-11H2,1-3H3,(H,18,19). The fourth-order valence-corrected chi connectivity index (χ4v) is 2.40. The van der Waals surface area contributed by atoms with Crippen LogP contribution in [0.15, 0.2) is 24.3 Å². The summed E-state index contributed by atoms with van der Waals surface area (Å²) in [5, 5.41) is 3.07. The lowest BCUT2D eigenvalue weighted by atomic mass is 9.85. The molecule has 0 bridgehead atoms. The van der Waals surface area contributed by atoms with Gasteiger partial charge in [-0.25, -0.2) is 0 Å². The van der Waals surface area contributed by atoms with Crippen molar-refractivity contribution in [3.05, 3.63) is 35.4 Å². The fourth-order valence-electron chi connectivity index (χ4n) is 2.40.